The molecule has 0 saturated carbocycles. The lowest BCUT2D eigenvalue weighted by atomic mass is 10.3. The first-order valence-corrected chi connectivity index (χ1v) is 14.0. The molecule has 6 N–H and O–H groups in total. The normalized spacial score (nSPS) is 18.3. The van der Waals surface area contributed by atoms with E-state index in [1.165, 1.54) is 47.8 Å². The minimum absolute atomic E-state index is 0.146. The summed E-state index contributed by atoms with van der Waals surface area (Å²) in [6, 6.07) is 0. The Kier molecular flexibility index (Phi) is 9.36. The number of ether oxygens (including phenoxy) is 3. The van der Waals surface area contributed by atoms with Gasteiger partial charge in [0.2, 0.25) is 0 Å². The Morgan fingerprint density at radius 3 is 1.81 bits per heavy atom. The van der Waals surface area contributed by atoms with Crippen molar-refractivity contribution in [1.29, 1.82) is 0 Å². The van der Waals surface area contributed by atoms with Crippen LogP contribution in [0.15, 0.2) is 32.9 Å². The molecule has 1 aliphatic rings. The fraction of sp³-hybridized carbons (Fsp3) is 0.440. The summed E-state index contributed by atoms with van der Waals surface area (Å²) < 4.78 is 21.1. The highest BCUT2D eigenvalue weighted by atomic mass is 16.5. The summed E-state index contributed by atoms with van der Waals surface area (Å²) >= 11 is 0. The van der Waals surface area contributed by atoms with Crippen molar-refractivity contribution in [1.82, 2.24) is 55.1 Å². The number of aromatic nitrogens is 8. The van der Waals surface area contributed by atoms with Crippen molar-refractivity contribution in [3.8, 4) is 0 Å². The van der Waals surface area contributed by atoms with Crippen molar-refractivity contribution >= 4 is 46.6 Å². The van der Waals surface area contributed by atoms with E-state index >= 15 is 0 Å². The highest BCUT2D eigenvalue weighted by Gasteiger charge is 2.34. The molecule has 3 atom stereocenters. The molecule has 22 heteroatoms. The zero-order valence-corrected chi connectivity index (χ0v) is 26.9. The summed E-state index contributed by atoms with van der Waals surface area (Å²) in [5, 5.41) is 47.5. The summed E-state index contributed by atoms with van der Waals surface area (Å²) in [5.41, 5.74) is 8.53. The van der Waals surface area contributed by atoms with Crippen LogP contribution in [-0.2, 0) is 28.3 Å². The van der Waals surface area contributed by atoms with Crippen molar-refractivity contribution in [3.05, 3.63) is 34.9 Å². The third kappa shape index (κ3) is 6.16. The summed E-state index contributed by atoms with van der Waals surface area (Å²) in [6.45, 7) is 3.49. The highest BCUT2D eigenvalue weighted by molar-refractivity contribution is 5.94. The average molecular weight is 654 g/mol. The van der Waals surface area contributed by atoms with Gasteiger partial charge in [0.1, 0.15) is 11.1 Å². The van der Waals surface area contributed by atoms with Crippen LogP contribution >= 0.6 is 0 Å². The number of hydrogen-bond donors (Lipinski definition) is 5. The third-order valence-corrected chi connectivity index (χ3v) is 7.15. The number of carbonyl (C=O) groups excluding carboxylic acids is 2. The number of nitrogens with two attached hydrogens (primary N) is 1. The number of rotatable bonds is 10. The molecule has 0 aromatic carbocycles. The first-order valence-electron chi connectivity index (χ1n) is 14.0. The number of esters is 2. The number of carbonyl (C=O) groups is 2. The van der Waals surface area contributed by atoms with Gasteiger partial charge >= 0.3 is 11.9 Å². The van der Waals surface area contributed by atoms with E-state index < -0.39 is 30.9 Å². The fourth-order valence-corrected chi connectivity index (χ4v) is 4.76. The zero-order valence-electron chi connectivity index (χ0n) is 26.9. The van der Waals surface area contributed by atoms with E-state index in [1.54, 1.807) is 39.7 Å². The molecule has 1 fully saturated rings. The SMILES string of the molecule is CNc1c(N=Nc2c(C(=O)OC)cnn2C)c(C)nn1C1NC(OC)NC(n2nc(C)c(N=Nc3c(C(=O)OC)cnn3C)c2N)N1. The Balaban J connectivity index is 1.45. The molecular formula is C25H35N17O5. The maximum Gasteiger partial charge on any atom is 0.343 e. The summed E-state index contributed by atoms with van der Waals surface area (Å²) in [4.78, 5) is 24.3. The molecule has 0 amide bonds. The first kappa shape index (κ1) is 32.8. The summed E-state index contributed by atoms with van der Waals surface area (Å²) in [7, 11) is 9.03. The highest BCUT2D eigenvalue weighted by Crippen LogP contribution is 2.35. The predicted molar refractivity (Wildman–Crippen MR) is 164 cm³/mol. The quantitative estimate of drug-likeness (QED) is 0.120. The molecule has 0 aliphatic carbocycles. The minimum atomic E-state index is -0.729. The molecule has 1 saturated heterocycles. The van der Waals surface area contributed by atoms with Crippen molar-refractivity contribution in [2.45, 2.75) is 32.8 Å². The van der Waals surface area contributed by atoms with Crippen LogP contribution in [0.4, 0.5) is 34.6 Å². The molecule has 250 valence electrons. The molecule has 5 heterocycles. The Hall–Kier alpha value is -5.58. The lowest BCUT2D eigenvalue weighted by Crippen LogP contribution is -2.63. The topological polar surface area (TPSA) is 257 Å². The maximum absolute atomic E-state index is 12.2. The van der Waals surface area contributed by atoms with Gasteiger partial charge in [0.25, 0.3) is 0 Å². The second-order valence-electron chi connectivity index (χ2n) is 10.1. The van der Waals surface area contributed by atoms with E-state index in [4.69, 9.17) is 19.9 Å². The number of nitrogens with zero attached hydrogens (tertiary/aromatic N) is 12. The average Bonchev–Trinajstić information content (AvgIpc) is 3.80. The Labute approximate surface area is 267 Å². The molecular weight excluding hydrogens is 618 g/mol. The molecule has 5 rings (SSSR count). The third-order valence-electron chi connectivity index (χ3n) is 7.15. The number of aryl methyl sites for hydroxylation is 4. The van der Waals surface area contributed by atoms with Crippen LogP contribution in [0, 0.1) is 13.8 Å². The molecule has 1 aliphatic heterocycles. The van der Waals surface area contributed by atoms with Crippen molar-refractivity contribution in [3.63, 3.8) is 0 Å². The van der Waals surface area contributed by atoms with Gasteiger partial charge in [0.05, 0.1) is 38.0 Å². The number of azo groups is 2. The standard InChI is InChI=1S/C25H35N17O5/c1-11-15(33-35-18-13(21(43)45-6)9-28-39(18)4)17(26)41(37-11)23-30-24(32-25(31-23)47-8)42-20(27-3)16(12(2)38-42)34-36-19-14(22(44)46-7)10-29-40(19)5/h9-10,23-25,27,30-32H,26H2,1-8H3. The van der Waals surface area contributed by atoms with Gasteiger partial charge in [0, 0.05) is 28.3 Å². The van der Waals surface area contributed by atoms with Gasteiger partial charge in [0.15, 0.2) is 53.6 Å². The summed E-state index contributed by atoms with van der Waals surface area (Å²) in [5.74, 6) is -0.127. The molecule has 22 nitrogen and oxygen atoms in total. The lowest BCUT2D eigenvalue weighted by Gasteiger charge is -2.38. The molecule has 47 heavy (non-hydrogen) atoms. The monoisotopic (exact) mass is 653 g/mol. The van der Waals surface area contributed by atoms with Crippen LogP contribution in [-0.4, -0.2) is 85.8 Å². The van der Waals surface area contributed by atoms with E-state index in [0.717, 1.165) is 0 Å². The first-order chi connectivity index (χ1) is 22.5. The van der Waals surface area contributed by atoms with Crippen LogP contribution in [0.1, 0.15) is 44.7 Å². The van der Waals surface area contributed by atoms with Gasteiger partial charge in [-0.2, -0.15) is 20.4 Å². The number of methoxy groups -OCH3 is 3. The van der Waals surface area contributed by atoms with Crippen LogP contribution in [0.25, 0.3) is 0 Å². The van der Waals surface area contributed by atoms with Gasteiger partial charge < -0.3 is 25.3 Å². The predicted octanol–water partition coefficient (Wildman–Crippen LogP) is 1.52. The van der Waals surface area contributed by atoms with Crippen molar-refractivity contribution in [2.24, 2.45) is 34.6 Å². The van der Waals surface area contributed by atoms with Gasteiger partial charge in [-0.1, -0.05) is 0 Å². The van der Waals surface area contributed by atoms with Crippen LogP contribution in [0.3, 0.4) is 0 Å². The second kappa shape index (κ2) is 13.4. The van der Waals surface area contributed by atoms with E-state index in [2.05, 4.69) is 62.1 Å². The molecule has 0 bridgehead atoms. The molecule has 4 aromatic rings. The Bertz CT molecular complexity index is 1850. The van der Waals surface area contributed by atoms with E-state index in [-0.39, 0.29) is 34.3 Å². The van der Waals surface area contributed by atoms with Crippen LogP contribution in [0.2, 0.25) is 0 Å². The van der Waals surface area contributed by atoms with Gasteiger partial charge in [-0.05, 0) is 13.8 Å². The van der Waals surface area contributed by atoms with E-state index in [1.807, 2.05) is 0 Å². The number of hydrogen-bond acceptors (Lipinski definition) is 18. The minimum Gasteiger partial charge on any atom is -0.465 e. The number of nitrogen functional groups attached to an aromatic ring is 1. The van der Waals surface area contributed by atoms with Crippen LogP contribution < -0.4 is 27.0 Å². The number of anilines is 2. The van der Waals surface area contributed by atoms with E-state index in [0.29, 0.717) is 22.9 Å². The van der Waals surface area contributed by atoms with Crippen molar-refractivity contribution in [2.75, 3.05) is 39.4 Å². The molecule has 4 aromatic heterocycles. The number of nitrogens with one attached hydrogen (secondary N) is 4. The van der Waals surface area contributed by atoms with Crippen molar-refractivity contribution < 1.29 is 23.8 Å². The maximum atomic E-state index is 12.2. The smallest absolute Gasteiger partial charge is 0.343 e. The van der Waals surface area contributed by atoms with Gasteiger partial charge in [-0.3, -0.25) is 0 Å². The molecule has 0 radical (unpaired) electrons. The zero-order chi connectivity index (χ0) is 34.0. The summed E-state index contributed by atoms with van der Waals surface area (Å²) in [6.07, 6.45) is 0.595. The fourth-order valence-electron chi connectivity index (χ4n) is 4.76. The second-order valence-corrected chi connectivity index (χ2v) is 10.1. The Morgan fingerprint density at radius 2 is 1.30 bits per heavy atom. The van der Waals surface area contributed by atoms with E-state index in [9.17, 15) is 9.59 Å². The van der Waals surface area contributed by atoms with Crippen LogP contribution in [0.5, 0.6) is 0 Å². The molecule has 3 unspecified atom stereocenters. The Morgan fingerprint density at radius 1 is 0.809 bits per heavy atom. The largest absolute Gasteiger partial charge is 0.465 e. The lowest BCUT2D eigenvalue weighted by molar-refractivity contribution is -0.0440. The molecule has 0 spiro atoms. The van der Waals surface area contributed by atoms with Gasteiger partial charge in [-0.25, -0.2) is 44.3 Å². The van der Waals surface area contributed by atoms with Gasteiger partial charge in [-0.15, -0.1) is 20.5 Å².